The van der Waals surface area contributed by atoms with E-state index in [0.717, 1.165) is 48.6 Å². The largest absolute Gasteiger partial charge is 0.372 e. The van der Waals surface area contributed by atoms with Crippen LogP contribution >= 0.6 is 0 Å². The summed E-state index contributed by atoms with van der Waals surface area (Å²) in [5.41, 5.74) is 4.55. The van der Waals surface area contributed by atoms with Crippen LogP contribution in [0.15, 0.2) is 61.9 Å². The summed E-state index contributed by atoms with van der Waals surface area (Å²) in [7, 11) is 0. The molecular weight excluding hydrogens is 450 g/mol. The van der Waals surface area contributed by atoms with Gasteiger partial charge < -0.3 is 14.2 Å². The van der Waals surface area contributed by atoms with E-state index in [1.165, 1.54) is 11.1 Å². The number of allylic oxidation sites excluding steroid dienone is 2. The van der Waals surface area contributed by atoms with Gasteiger partial charge in [-0.05, 0) is 37.3 Å². The summed E-state index contributed by atoms with van der Waals surface area (Å²) < 4.78 is 11.9. The van der Waals surface area contributed by atoms with E-state index in [1.807, 2.05) is 45.7 Å². The lowest BCUT2D eigenvalue weighted by Gasteiger charge is -2.25. The van der Waals surface area contributed by atoms with Crippen molar-refractivity contribution < 1.29 is 9.26 Å². The van der Waals surface area contributed by atoms with Crippen molar-refractivity contribution in [2.24, 2.45) is 9.98 Å². The smallest absolute Gasteiger partial charge is 0.246 e. The lowest BCUT2D eigenvalue weighted by Crippen LogP contribution is -2.28. The maximum absolute atomic E-state index is 6.23. The summed E-state index contributed by atoms with van der Waals surface area (Å²) in [6.07, 6.45) is 9.43. The van der Waals surface area contributed by atoms with Crippen molar-refractivity contribution in [1.29, 1.82) is 0 Å². The van der Waals surface area contributed by atoms with Crippen molar-refractivity contribution in [3.8, 4) is 0 Å². The van der Waals surface area contributed by atoms with Gasteiger partial charge in [-0.3, -0.25) is 0 Å². The molecule has 194 valence electrons. The average Bonchev–Trinajstić information content (AvgIpc) is 3.71. The Hall–Kier alpha value is -3.06. The first-order chi connectivity index (χ1) is 17.7. The van der Waals surface area contributed by atoms with Gasteiger partial charge in [-0.1, -0.05) is 77.0 Å². The Morgan fingerprint density at radius 1 is 1.08 bits per heavy atom. The fraction of sp³-hybridized carbons (Fsp3) is 0.517. The molecule has 1 aromatic carbocycles. The topological polar surface area (TPSA) is 76.1 Å². The number of hydrogen-bond acceptors (Lipinski definition) is 7. The van der Waals surface area contributed by atoms with E-state index in [4.69, 9.17) is 14.2 Å². The standard InChI is InChI=1S/C25H29N5O2.2C2H6/c1-4-17-7-9-18(10-8-17)21-13-25(6-3,15-31-21)24-28-22(32-29-24)14-30-16-27-23-19(11-12-26-23)20(30)5-2;2*1-2/h5,7-10,12,16,21H,4,6,11,13-15H2,1-3H3;2*1-2H3/b20-5-;;/t21-,25+;;/m1../s1. The molecule has 0 saturated carbocycles. The highest BCUT2D eigenvalue weighted by atomic mass is 16.5. The van der Waals surface area contributed by atoms with Crippen LogP contribution in [0.5, 0.6) is 0 Å². The molecule has 7 heteroatoms. The Morgan fingerprint density at radius 2 is 1.83 bits per heavy atom. The van der Waals surface area contributed by atoms with E-state index >= 15 is 0 Å². The number of aromatic nitrogens is 2. The number of ether oxygens (including phenoxy) is 1. The van der Waals surface area contributed by atoms with Gasteiger partial charge in [-0.25, -0.2) is 9.98 Å². The van der Waals surface area contributed by atoms with Gasteiger partial charge in [0.05, 0.1) is 24.5 Å². The van der Waals surface area contributed by atoms with E-state index in [2.05, 4.69) is 59.3 Å². The minimum atomic E-state index is -0.232. The summed E-state index contributed by atoms with van der Waals surface area (Å²) in [5, 5.41) is 4.39. The van der Waals surface area contributed by atoms with Gasteiger partial charge in [0.2, 0.25) is 5.89 Å². The van der Waals surface area contributed by atoms with Crippen molar-refractivity contribution in [2.75, 3.05) is 6.61 Å². The van der Waals surface area contributed by atoms with Gasteiger partial charge in [-0.2, -0.15) is 4.98 Å². The number of aliphatic imine (C=N–C) groups is 2. The molecule has 7 nitrogen and oxygen atoms in total. The zero-order chi connectivity index (χ0) is 26.1. The summed E-state index contributed by atoms with van der Waals surface area (Å²) >= 11 is 0. The molecule has 0 spiro atoms. The second kappa shape index (κ2) is 12.8. The quantitative estimate of drug-likeness (QED) is 0.438. The normalized spacial score (nSPS) is 23.4. The minimum Gasteiger partial charge on any atom is -0.372 e. The third-order valence-corrected chi connectivity index (χ3v) is 6.81. The van der Waals surface area contributed by atoms with Crippen molar-refractivity contribution in [2.45, 2.75) is 92.2 Å². The van der Waals surface area contributed by atoms with Crippen molar-refractivity contribution >= 4 is 12.6 Å². The Kier molecular flexibility index (Phi) is 9.76. The molecular formula is C29H41N5O2. The van der Waals surface area contributed by atoms with Crippen LogP contribution in [0.3, 0.4) is 0 Å². The summed E-state index contributed by atoms with van der Waals surface area (Å²) in [6, 6.07) is 8.74. The van der Waals surface area contributed by atoms with Crippen LogP contribution in [0.25, 0.3) is 0 Å². The molecule has 0 aliphatic carbocycles. The number of nitrogens with zero attached hydrogens (tertiary/aromatic N) is 5. The predicted octanol–water partition coefficient (Wildman–Crippen LogP) is 6.93. The van der Waals surface area contributed by atoms with Crippen LogP contribution in [0.4, 0.5) is 0 Å². The maximum atomic E-state index is 6.23. The minimum absolute atomic E-state index is 0.0550. The van der Waals surface area contributed by atoms with E-state index in [1.54, 1.807) is 6.34 Å². The molecule has 5 rings (SSSR count). The van der Waals surface area contributed by atoms with Gasteiger partial charge in [-0.15, -0.1) is 0 Å². The first-order valence-electron chi connectivity index (χ1n) is 13.4. The fourth-order valence-electron chi connectivity index (χ4n) is 4.70. The maximum Gasteiger partial charge on any atom is 0.246 e. The Balaban J connectivity index is 0.000000861. The lowest BCUT2D eigenvalue weighted by molar-refractivity contribution is 0.103. The molecule has 3 aliphatic rings. The van der Waals surface area contributed by atoms with Crippen LogP contribution in [0.2, 0.25) is 0 Å². The SMILES string of the molecule is C/C=C1/C2=C(N=CC2)N=CN1Cc1nc([C@]2(CC)CO[C@@H](c3ccc(CC)cc3)C2)no1.CC.CC. The molecule has 1 fully saturated rings. The number of aryl methyl sites for hydroxylation is 1. The van der Waals surface area contributed by atoms with Gasteiger partial charge in [0.15, 0.2) is 11.6 Å². The first kappa shape index (κ1) is 27.5. The van der Waals surface area contributed by atoms with Crippen LogP contribution < -0.4 is 0 Å². The third-order valence-electron chi connectivity index (χ3n) is 6.81. The Labute approximate surface area is 216 Å². The molecule has 0 unspecified atom stereocenters. The molecule has 2 aromatic rings. The zero-order valence-electron chi connectivity index (χ0n) is 22.9. The van der Waals surface area contributed by atoms with E-state index in [9.17, 15) is 0 Å². The molecule has 2 atom stereocenters. The summed E-state index contributed by atoms with van der Waals surface area (Å²) in [5.74, 6) is 2.12. The molecule has 36 heavy (non-hydrogen) atoms. The number of hydrogen-bond donors (Lipinski definition) is 0. The van der Waals surface area contributed by atoms with Crippen molar-refractivity contribution in [1.82, 2.24) is 15.0 Å². The van der Waals surface area contributed by atoms with Crippen molar-refractivity contribution in [3.05, 3.63) is 70.3 Å². The molecule has 1 aromatic heterocycles. The van der Waals surface area contributed by atoms with Gasteiger partial charge >= 0.3 is 0 Å². The second-order valence-corrected chi connectivity index (χ2v) is 8.61. The average molecular weight is 492 g/mol. The molecule has 4 heterocycles. The predicted molar refractivity (Wildman–Crippen MR) is 146 cm³/mol. The van der Waals surface area contributed by atoms with Gasteiger partial charge in [0, 0.05) is 23.9 Å². The highest BCUT2D eigenvalue weighted by Gasteiger charge is 2.44. The molecule has 3 aliphatic heterocycles. The number of rotatable bonds is 6. The molecule has 0 bridgehead atoms. The van der Waals surface area contributed by atoms with Gasteiger partial charge in [0.1, 0.15) is 6.54 Å². The summed E-state index contributed by atoms with van der Waals surface area (Å²) in [4.78, 5) is 15.7. The Bertz CT molecular complexity index is 1110. The summed E-state index contributed by atoms with van der Waals surface area (Å²) in [6.45, 7) is 15.4. The van der Waals surface area contributed by atoms with Crippen LogP contribution in [0, 0.1) is 0 Å². The Morgan fingerprint density at radius 3 is 2.50 bits per heavy atom. The second-order valence-electron chi connectivity index (χ2n) is 8.61. The zero-order valence-corrected chi connectivity index (χ0v) is 22.9. The first-order valence-corrected chi connectivity index (χ1v) is 13.4. The molecule has 0 N–H and O–H groups in total. The monoisotopic (exact) mass is 491 g/mol. The number of benzene rings is 1. The third kappa shape index (κ3) is 5.51. The van der Waals surface area contributed by atoms with Crippen LogP contribution in [-0.4, -0.2) is 34.2 Å². The van der Waals surface area contributed by atoms with Crippen LogP contribution in [0.1, 0.15) is 96.7 Å². The highest BCUT2D eigenvalue weighted by Crippen LogP contribution is 2.44. The molecule has 0 radical (unpaired) electrons. The van der Waals surface area contributed by atoms with Crippen molar-refractivity contribution in [3.63, 3.8) is 0 Å². The van der Waals surface area contributed by atoms with Gasteiger partial charge in [0.25, 0.3) is 0 Å². The van der Waals surface area contributed by atoms with E-state index < -0.39 is 0 Å². The highest BCUT2D eigenvalue weighted by molar-refractivity contribution is 5.75. The lowest BCUT2D eigenvalue weighted by atomic mass is 9.81. The fourth-order valence-corrected chi connectivity index (χ4v) is 4.70. The van der Waals surface area contributed by atoms with Crippen LogP contribution in [-0.2, 0) is 23.1 Å². The van der Waals surface area contributed by atoms with E-state index in [0.29, 0.717) is 19.0 Å². The molecule has 1 saturated heterocycles. The van der Waals surface area contributed by atoms with E-state index in [-0.39, 0.29) is 11.5 Å². The molecule has 0 amide bonds.